The summed E-state index contributed by atoms with van der Waals surface area (Å²) < 4.78 is 4.74. The molecule has 0 saturated carbocycles. The SMILES string of the molecule is CCOC(=O)/C=C/c1cc(C)ccn1. The summed E-state index contributed by atoms with van der Waals surface area (Å²) in [6, 6.07) is 3.80. The van der Waals surface area contributed by atoms with E-state index in [1.54, 1.807) is 19.2 Å². The fourth-order valence-corrected chi connectivity index (χ4v) is 0.994. The molecule has 0 aliphatic heterocycles. The average molecular weight is 191 g/mol. The molecule has 0 fully saturated rings. The van der Waals surface area contributed by atoms with Crippen molar-refractivity contribution in [3.8, 4) is 0 Å². The minimum atomic E-state index is -0.337. The van der Waals surface area contributed by atoms with Crippen molar-refractivity contribution in [1.82, 2.24) is 4.98 Å². The number of rotatable bonds is 3. The highest BCUT2D eigenvalue weighted by Gasteiger charge is 1.94. The smallest absolute Gasteiger partial charge is 0.330 e. The molecular weight excluding hydrogens is 178 g/mol. The van der Waals surface area contributed by atoms with E-state index in [-0.39, 0.29) is 5.97 Å². The van der Waals surface area contributed by atoms with E-state index in [9.17, 15) is 4.79 Å². The maximum absolute atomic E-state index is 11.0. The number of pyridine rings is 1. The van der Waals surface area contributed by atoms with Crippen LogP contribution in [0.3, 0.4) is 0 Å². The van der Waals surface area contributed by atoms with Gasteiger partial charge >= 0.3 is 5.97 Å². The molecule has 14 heavy (non-hydrogen) atoms. The number of aromatic nitrogens is 1. The second-order valence-corrected chi connectivity index (χ2v) is 2.84. The molecule has 1 aromatic heterocycles. The number of carbonyl (C=O) groups is 1. The molecule has 1 rings (SSSR count). The van der Waals surface area contributed by atoms with Gasteiger partial charge in [0, 0.05) is 12.3 Å². The van der Waals surface area contributed by atoms with Crippen molar-refractivity contribution < 1.29 is 9.53 Å². The Kier molecular flexibility index (Phi) is 3.85. The third kappa shape index (κ3) is 3.39. The quantitative estimate of drug-likeness (QED) is 0.541. The van der Waals surface area contributed by atoms with Gasteiger partial charge in [0.05, 0.1) is 12.3 Å². The van der Waals surface area contributed by atoms with Crippen molar-refractivity contribution in [2.75, 3.05) is 6.61 Å². The number of aryl methyl sites for hydroxylation is 1. The number of ether oxygens (including phenoxy) is 1. The summed E-state index contributed by atoms with van der Waals surface area (Å²) in [7, 11) is 0. The lowest BCUT2D eigenvalue weighted by Gasteiger charge is -1.95. The Bertz CT molecular complexity index is 345. The lowest BCUT2D eigenvalue weighted by molar-refractivity contribution is -0.137. The average Bonchev–Trinajstić information content (AvgIpc) is 2.15. The zero-order valence-corrected chi connectivity index (χ0v) is 8.36. The fourth-order valence-electron chi connectivity index (χ4n) is 0.994. The highest BCUT2D eigenvalue weighted by Crippen LogP contribution is 2.01. The van der Waals surface area contributed by atoms with E-state index in [2.05, 4.69) is 4.98 Å². The van der Waals surface area contributed by atoms with Gasteiger partial charge < -0.3 is 4.74 Å². The van der Waals surface area contributed by atoms with Crippen molar-refractivity contribution >= 4 is 12.0 Å². The minimum absolute atomic E-state index is 0.337. The topological polar surface area (TPSA) is 39.2 Å². The van der Waals surface area contributed by atoms with Crippen LogP contribution in [0.15, 0.2) is 24.4 Å². The second kappa shape index (κ2) is 5.17. The van der Waals surface area contributed by atoms with Crippen LogP contribution in [-0.4, -0.2) is 17.6 Å². The zero-order chi connectivity index (χ0) is 10.4. The Morgan fingerprint density at radius 2 is 2.43 bits per heavy atom. The summed E-state index contributed by atoms with van der Waals surface area (Å²) in [5.41, 5.74) is 1.88. The van der Waals surface area contributed by atoms with Gasteiger partial charge in [0.1, 0.15) is 0 Å². The standard InChI is InChI=1S/C11H13NO2/c1-3-14-11(13)5-4-10-8-9(2)6-7-12-10/h4-8H,3H2,1-2H3/b5-4+. The molecule has 0 radical (unpaired) electrons. The molecule has 0 bridgehead atoms. The van der Waals surface area contributed by atoms with Gasteiger partial charge in [-0.3, -0.25) is 4.98 Å². The predicted molar refractivity (Wildman–Crippen MR) is 54.6 cm³/mol. The Hall–Kier alpha value is -1.64. The van der Waals surface area contributed by atoms with Crippen molar-refractivity contribution in [2.45, 2.75) is 13.8 Å². The number of carbonyl (C=O) groups excluding carboxylic acids is 1. The first-order valence-electron chi connectivity index (χ1n) is 4.50. The summed E-state index contributed by atoms with van der Waals surface area (Å²) in [6.07, 6.45) is 4.73. The Morgan fingerprint density at radius 3 is 3.07 bits per heavy atom. The van der Waals surface area contributed by atoms with Gasteiger partial charge in [-0.1, -0.05) is 0 Å². The monoisotopic (exact) mass is 191 g/mol. The molecule has 1 aromatic rings. The van der Waals surface area contributed by atoms with Crippen molar-refractivity contribution in [1.29, 1.82) is 0 Å². The summed E-state index contributed by atoms with van der Waals surface area (Å²) >= 11 is 0. The molecular formula is C11H13NO2. The molecule has 3 nitrogen and oxygen atoms in total. The number of hydrogen-bond acceptors (Lipinski definition) is 3. The first kappa shape index (κ1) is 10.4. The third-order valence-corrected chi connectivity index (χ3v) is 1.61. The lowest BCUT2D eigenvalue weighted by atomic mass is 10.2. The van der Waals surface area contributed by atoms with Crippen LogP contribution in [0.1, 0.15) is 18.2 Å². The summed E-state index contributed by atoms with van der Waals surface area (Å²) in [6.45, 7) is 4.14. The second-order valence-electron chi connectivity index (χ2n) is 2.84. The van der Waals surface area contributed by atoms with E-state index in [0.717, 1.165) is 11.3 Å². The molecule has 0 unspecified atom stereocenters. The van der Waals surface area contributed by atoms with Crippen LogP contribution in [0, 0.1) is 6.92 Å². The van der Waals surface area contributed by atoms with Gasteiger partial charge in [-0.15, -0.1) is 0 Å². The molecule has 0 saturated heterocycles. The van der Waals surface area contributed by atoms with Crippen LogP contribution in [-0.2, 0) is 9.53 Å². The number of nitrogens with zero attached hydrogens (tertiary/aromatic N) is 1. The normalized spacial score (nSPS) is 10.4. The Morgan fingerprint density at radius 1 is 1.64 bits per heavy atom. The molecule has 74 valence electrons. The van der Waals surface area contributed by atoms with Crippen LogP contribution in [0.4, 0.5) is 0 Å². The lowest BCUT2D eigenvalue weighted by Crippen LogP contribution is -1.98. The van der Waals surface area contributed by atoms with Crippen LogP contribution >= 0.6 is 0 Å². The Balaban J connectivity index is 2.64. The van der Waals surface area contributed by atoms with Gasteiger partial charge in [0.15, 0.2) is 0 Å². The van der Waals surface area contributed by atoms with E-state index in [4.69, 9.17) is 4.74 Å². The minimum Gasteiger partial charge on any atom is -0.463 e. The van der Waals surface area contributed by atoms with E-state index in [0.29, 0.717) is 6.61 Å². The van der Waals surface area contributed by atoms with Crippen molar-refractivity contribution in [3.05, 3.63) is 35.7 Å². The highest BCUT2D eigenvalue weighted by atomic mass is 16.5. The molecule has 0 aliphatic carbocycles. The van der Waals surface area contributed by atoms with Gasteiger partial charge in [-0.2, -0.15) is 0 Å². The summed E-state index contributed by atoms with van der Waals surface area (Å²) in [5.74, 6) is -0.337. The van der Waals surface area contributed by atoms with E-state index in [1.165, 1.54) is 6.08 Å². The van der Waals surface area contributed by atoms with E-state index in [1.807, 2.05) is 19.1 Å². The van der Waals surface area contributed by atoms with E-state index >= 15 is 0 Å². The van der Waals surface area contributed by atoms with Crippen LogP contribution < -0.4 is 0 Å². The molecule has 3 heteroatoms. The largest absolute Gasteiger partial charge is 0.463 e. The molecule has 0 N–H and O–H groups in total. The molecule has 0 spiro atoms. The maximum Gasteiger partial charge on any atom is 0.330 e. The fraction of sp³-hybridized carbons (Fsp3) is 0.273. The number of hydrogen-bond donors (Lipinski definition) is 0. The van der Waals surface area contributed by atoms with Gasteiger partial charge in [0.2, 0.25) is 0 Å². The third-order valence-electron chi connectivity index (χ3n) is 1.61. The van der Waals surface area contributed by atoms with Gasteiger partial charge in [-0.05, 0) is 37.6 Å². The van der Waals surface area contributed by atoms with Gasteiger partial charge in [-0.25, -0.2) is 4.79 Å². The molecule has 1 heterocycles. The molecule has 0 atom stereocenters. The van der Waals surface area contributed by atoms with Crippen molar-refractivity contribution in [2.24, 2.45) is 0 Å². The van der Waals surface area contributed by atoms with Gasteiger partial charge in [0.25, 0.3) is 0 Å². The maximum atomic E-state index is 11.0. The summed E-state index contributed by atoms with van der Waals surface area (Å²) in [4.78, 5) is 15.0. The Labute approximate surface area is 83.4 Å². The van der Waals surface area contributed by atoms with E-state index < -0.39 is 0 Å². The predicted octanol–water partition coefficient (Wildman–Crippen LogP) is 1.97. The molecule has 0 amide bonds. The van der Waals surface area contributed by atoms with Crippen LogP contribution in [0.2, 0.25) is 0 Å². The summed E-state index contributed by atoms with van der Waals surface area (Å²) in [5, 5.41) is 0. The van der Waals surface area contributed by atoms with Crippen molar-refractivity contribution in [3.63, 3.8) is 0 Å². The first-order chi connectivity index (χ1) is 6.72. The molecule has 0 aromatic carbocycles. The van der Waals surface area contributed by atoms with Crippen LogP contribution in [0.25, 0.3) is 6.08 Å². The molecule has 0 aliphatic rings. The zero-order valence-electron chi connectivity index (χ0n) is 8.36. The number of esters is 1. The highest BCUT2D eigenvalue weighted by molar-refractivity contribution is 5.86. The first-order valence-corrected chi connectivity index (χ1v) is 4.50. The van der Waals surface area contributed by atoms with Crippen LogP contribution in [0.5, 0.6) is 0 Å².